The molecular weight excluding hydrogens is 386 g/mol. The first-order chi connectivity index (χ1) is 15.3. The van der Waals surface area contributed by atoms with E-state index in [-0.39, 0.29) is 6.04 Å². The van der Waals surface area contributed by atoms with Gasteiger partial charge >= 0.3 is 0 Å². The molecule has 2 aliphatic rings. The van der Waals surface area contributed by atoms with Gasteiger partial charge in [0.1, 0.15) is 5.76 Å². The number of aliphatic imine (C=N–C) groups is 1. The molecule has 1 fully saturated rings. The van der Waals surface area contributed by atoms with E-state index in [0.717, 1.165) is 51.0 Å². The Hall–Kier alpha value is -2.73. The molecule has 0 radical (unpaired) electrons. The smallest absolute Gasteiger partial charge is 0.191 e. The number of hydrogen-bond donors (Lipinski definition) is 2. The predicted molar refractivity (Wildman–Crippen MR) is 127 cm³/mol. The lowest BCUT2D eigenvalue weighted by atomic mass is 10.1. The van der Waals surface area contributed by atoms with E-state index in [2.05, 4.69) is 69.8 Å². The van der Waals surface area contributed by atoms with Crippen molar-refractivity contribution in [3.05, 3.63) is 66.1 Å². The zero-order chi connectivity index (χ0) is 21.3. The van der Waals surface area contributed by atoms with Crippen LogP contribution in [-0.4, -0.2) is 50.1 Å². The zero-order valence-corrected chi connectivity index (χ0v) is 18.6. The Balaban J connectivity index is 1.37. The maximum absolute atomic E-state index is 5.77. The summed E-state index contributed by atoms with van der Waals surface area (Å²) >= 11 is 0. The number of piperidine rings is 1. The number of hydrogen-bond acceptors (Lipinski definition) is 4. The summed E-state index contributed by atoms with van der Waals surface area (Å²) in [6.45, 7) is 8.62. The second kappa shape index (κ2) is 11.0. The maximum Gasteiger partial charge on any atom is 0.191 e. The first kappa shape index (κ1) is 21.5. The molecule has 1 aromatic carbocycles. The van der Waals surface area contributed by atoms with Crippen LogP contribution in [0.1, 0.15) is 43.6 Å². The van der Waals surface area contributed by atoms with Gasteiger partial charge < -0.3 is 20.0 Å². The summed E-state index contributed by atoms with van der Waals surface area (Å²) in [6.07, 6.45) is 10.0. The Kier molecular flexibility index (Phi) is 7.66. The number of nitrogens with zero attached hydrogens (tertiary/aromatic N) is 3. The minimum atomic E-state index is 0.229. The molecule has 0 aliphatic carbocycles. The highest BCUT2D eigenvalue weighted by Crippen LogP contribution is 2.24. The standard InChI is InChI=1S/C25H35N5O/c1-2-26-25(27-19-21-10-12-22(13-11-21)29-14-6-7-15-29)28-20-23(24-9-8-18-31-24)30-16-4-3-5-17-30/h6-13,18,23H,2-5,14-17,19-20H2,1H3,(H2,26,27,28). The number of guanidine groups is 1. The highest BCUT2D eigenvalue weighted by molar-refractivity contribution is 5.79. The van der Waals surface area contributed by atoms with E-state index < -0.39 is 0 Å². The number of anilines is 1. The van der Waals surface area contributed by atoms with E-state index in [9.17, 15) is 0 Å². The van der Waals surface area contributed by atoms with Gasteiger partial charge in [-0.2, -0.15) is 0 Å². The molecule has 0 saturated carbocycles. The first-order valence-corrected chi connectivity index (χ1v) is 11.6. The van der Waals surface area contributed by atoms with Crippen LogP contribution in [-0.2, 0) is 6.54 Å². The van der Waals surface area contributed by atoms with Gasteiger partial charge in [0.05, 0.1) is 18.8 Å². The first-order valence-electron chi connectivity index (χ1n) is 11.6. The Morgan fingerprint density at radius 3 is 2.48 bits per heavy atom. The summed E-state index contributed by atoms with van der Waals surface area (Å²) in [7, 11) is 0. The van der Waals surface area contributed by atoms with E-state index in [0.29, 0.717) is 6.54 Å². The maximum atomic E-state index is 5.77. The minimum absolute atomic E-state index is 0.229. The normalized spacial score (nSPS) is 18.4. The summed E-state index contributed by atoms with van der Waals surface area (Å²) in [5, 5.41) is 6.94. The van der Waals surface area contributed by atoms with Crippen molar-refractivity contribution >= 4 is 11.6 Å². The molecule has 3 heterocycles. The molecule has 1 aromatic heterocycles. The predicted octanol–water partition coefficient (Wildman–Crippen LogP) is 3.94. The number of rotatable bonds is 8. The van der Waals surface area contributed by atoms with Crippen LogP contribution >= 0.6 is 0 Å². The van der Waals surface area contributed by atoms with Gasteiger partial charge in [0.2, 0.25) is 0 Å². The summed E-state index contributed by atoms with van der Waals surface area (Å²) in [4.78, 5) is 9.72. The highest BCUT2D eigenvalue weighted by Gasteiger charge is 2.24. The Labute approximate surface area is 186 Å². The van der Waals surface area contributed by atoms with Gasteiger partial charge in [-0.3, -0.25) is 4.90 Å². The number of likely N-dealkylation sites (tertiary alicyclic amines) is 1. The van der Waals surface area contributed by atoms with Crippen molar-refractivity contribution in [1.82, 2.24) is 15.5 Å². The number of benzene rings is 1. The lowest BCUT2D eigenvalue weighted by Gasteiger charge is -2.33. The summed E-state index contributed by atoms with van der Waals surface area (Å²) in [6, 6.07) is 13.0. The van der Waals surface area contributed by atoms with Gasteiger partial charge in [0.25, 0.3) is 0 Å². The molecule has 31 heavy (non-hydrogen) atoms. The average Bonchev–Trinajstić information content (AvgIpc) is 3.53. The lowest BCUT2D eigenvalue weighted by molar-refractivity contribution is 0.146. The van der Waals surface area contributed by atoms with E-state index in [4.69, 9.17) is 9.41 Å². The molecule has 1 saturated heterocycles. The van der Waals surface area contributed by atoms with Crippen molar-refractivity contribution in [3.8, 4) is 0 Å². The van der Waals surface area contributed by atoms with Crippen LogP contribution in [0.25, 0.3) is 0 Å². The van der Waals surface area contributed by atoms with E-state index in [1.165, 1.54) is 30.5 Å². The van der Waals surface area contributed by atoms with Gasteiger partial charge in [-0.25, -0.2) is 4.99 Å². The molecule has 2 aliphatic heterocycles. The SMILES string of the molecule is CCNC(=NCc1ccc(N2CC=CC2)cc1)NCC(c1ccco1)N1CCCCC1. The van der Waals surface area contributed by atoms with Crippen LogP contribution < -0.4 is 15.5 Å². The molecule has 2 aromatic rings. The third kappa shape index (κ3) is 5.91. The van der Waals surface area contributed by atoms with Crippen LogP contribution in [0.15, 0.2) is 64.2 Å². The molecule has 1 atom stereocenters. The molecule has 1 unspecified atom stereocenters. The molecule has 2 N–H and O–H groups in total. The molecule has 6 heteroatoms. The summed E-state index contributed by atoms with van der Waals surface area (Å²) < 4.78 is 5.77. The van der Waals surface area contributed by atoms with Crippen molar-refractivity contribution in [2.45, 2.75) is 38.8 Å². The fourth-order valence-electron chi connectivity index (χ4n) is 4.33. The van der Waals surface area contributed by atoms with Gasteiger partial charge in [0, 0.05) is 31.9 Å². The van der Waals surface area contributed by atoms with Crippen LogP contribution in [0.3, 0.4) is 0 Å². The van der Waals surface area contributed by atoms with E-state index in [1.54, 1.807) is 6.26 Å². The molecule has 0 spiro atoms. The Morgan fingerprint density at radius 1 is 1.03 bits per heavy atom. The van der Waals surface area contributed by atoms with Gasteiger partial charge in [0.15, 0.2) is 5.96 Å². The number of nitrogens with one attached hydrogen (secondary N) is 2. The van der Waals surface area contributed by atoms with Gasteiger partial charge in [-0.05, 0) is 62.7 Å². The molecular formula is C25H35N5O. The zero-order valence-electron chi connectivity index (χ0n) is 18.6. The minimum Gasteiger partial charge on any atom is -0.468 e. The van der Waals surface area contributed by atoms with Gasteiger partial charge in [-0.1, -0.05) is 30.7 Å². The van der Waals surface area contributed by atoms with Crippen molar-refractivity contribution in [2.75, 3.05) is 44.2 Å². The van der Waals surface area contributed by atoms with E-state index in [1.807, 2.05) is 6.07 Å². The monoisotopic (exact) mass is 421 g/mol. The third-order valence-electron chi connectivity index (χ3n) is 6.05. The van der Waals surface area contributed by atoms with Crippen LogP contribution in [0.5, 0.6) is 0 Å². The van der Waals surface area contributed by atoms with E-state index >= 15 is 0 Å². The molecule has 166 valence electrons. The second-order valence-electron chi connectivity index (χ2n) is 8.25. The van der Waals surface area contributed by atoms with Crippen molar-refractivity contribution < 1.29 is 4.42 Å². The topological polar surface area (TPSA) is 56.0 Å². The number of furan rings is 1. The summed E-state index contributed by atoms with van der Waals surface area (Å²) in [5.74, 6) is 1.88. The fraction of sp³-hybridized carbons (Fsp3) is 0.480. The fourth-order valence-corrected chi connectivity index (χ4v) is 4.33. The summed E-state index contributed by atoms with van der Waals surface area (Å²) in [5.41, 5.74) is 2.48. The second-order valence-corrected chi connectivity index (χ2v) is 8.25. The molecule has 4 rings (SSSR count). The Morgan fingerprint density at radius 2 is 1.81 bits per heavy atom. The van der Waals surface area contributed by atoms with Crippen molar-refractivity contribution in [1.29, 1.82) is 0 Å². The third-order valence-corrected chi connectivity index (χ3v) is 6.05. The molecule has 0 bridgehead atoms. The molecule has 6 nitrogen and oxygen atoms in total. The van der Waals surface area contributed by atoms with Gasteiger partial charge in [-0.15, -0.1) is 0 Å². The van der Waals surface area contributed by atoms with Crippen LogP contribution in [0.2, 0.25) is 0 Å². The van der Waals surface area contributed by atoms with Crippen molar-refractivity contribution in [2.24, 2.45) is 4.99 Å². The van der Waals surface area contributed by atoms with Crippen LogP contribution in [0, 0.1) is 0 Å². The molecule has 0 amide bonds. The highest BCUT2D eigenvalue weighted by atomic mass is 16.3. The van der Waals surface area contributed by atoms with Crippen LogP contribution in [0.4, 0.5) is 5.69 Å². The van der Waals surface area contributed by atoms with Crippen molar-refractivity contribution in [3.63, 3.8) is 0 Å². The Bertz CT molecular complexity index is 829. The quantitative estimate of drug-likeness (QED) is 0.384. The average molecular weight is 422 g/mol. The lowest BCUT2D eigenvalue weighted by Crippen LogP contribution is -2.44. The largest absolute Gasteiger partial charge is 0.468 e.